The van der Waals surface area contributed by atoms with E-state index in [1.165, 1.54) is 11.3 Å². The predicted octanol–water partition coefficient (Wildman–Crippen LogP) is 1.67. The Morgan fingerprint density at radius 1 is 1.17 bits per heavy atom. The van der Waals surface area contributed by atoms with Crippen molar-refractivity contribution in [1.29, 1.82) is 0 Å². The molecule has 12 heavy (non-hydrogen) atoms. The van der Waals surface area contributed by atoms with Crippen LogP contribution in [0.25, 0.3) is 0 Å². The predicted molar refractivity (Wildman–Crippen MR) is 53.6 cm³/mol. The second-order valence-electron chi connectivity index (χ2n) is 2.73. The lowest BCUT2D eigenvalue weighted by Crippen LogP contribution is -2.08. The van der Waals surface area contributed by atoms with Gasteiger partial charge < -0.3 is 10.0 Å². The molecule has 0 aliphatic heterocycles. The van der Waals surface area contributed by atoms with Crippen molar-refractivity contribution in [2.45, 2.75) is 6.92 Å². The second-order valence-corrected chi connectivity index (χ2v) is 2.73. The van der Waals surface area contributed by atoms with Crippen molar-refractivity contribution in [1.82, 2.24) is 0 Å². The van der Waals surface area contributed by atoms with Crippen LogP contribution in [0.15, 0.2) is 24.3 Å². The molecule has 1 aromatic carbocycles. The molecule has 1 rings (SSSR count). The summed E-state index contributed by atoms with van der Waals surface area (Å²) in [6, 6.07) is 8.45. The van der Waals surface area contributed by atoms with E-state index in [0.717, 1.165) is 7.11 Å². The molecule has 0 spiro atoms. The van der Waals surface area contributed by atoms with Gasteiger partial charge in [-0.2, -0.15) is 0 Å². The molecule has 0 amide bonds. The second kappa shape index (κ2) is 5.61. The minimum atomic E-state index is 1.00. The number of hydrogen-bond acceptors (Lipinski definition) is 2. The molecular weight excluding hydrogens is 150 g/mol. The van der Waals surface area contributed by atoms with E-state index in [4.69, 9.17) is 5.11 Å². The van der Waals surface area contributed by atoms with E-state index >= 15 is 0 Å². The van der Waals surface area contributed by atoms with Crippen LogP contribution in [-0.4, -0.2) is 26.3 Å². The normalized spacial score (nSPS) is 8.42. The Morgan fingerprint density at radius 3 is 2.08 bits per heavy atom. The van der Waals surface area contributed by atoms with Crippen LogP contribution < -0.4 is 4.90 Å². The minimum Gasteiger partial charge on any atom is -0.400 e. The molecule has 0 unspecified atom stereocenters. The fraction of sp³-hybridized carbons (Fsp3) is 0.400. The summed E-state index contributed by atoms with van der Waals surface area (Å²) in [4.78, 5) is 2.10. The molecule has 1 aromatic rings. The van der Waals surface area contributed by atoms with Crippen molar-refractivity contribution >= 4 is 5.69 Å². The van der Waals surface area contributed by atoms with E-state index in [2.05, 4.69) is 50.2 Å². The Bertz CT molecular complexity index is 221. The van der Waals surface area contributed by atoms with Crippen molar-refractivity contribution in [3.63, 3.8) is 0 Å². The maximum absolute atomic E-state index is 7.00. The minimum absolute atomic E-state index is 1.00. The Morgan fingerprint density at radius 2 is 1.75 bits per heavy atom. The van der Waals surface area contributed by atoms with E-state index < -0.39 is 0 Å². The standard InChI is InChI=1S/C9H13N.CH4O/c1-8-5-4-6-9(7-8)10(2)3;1-2/h4-7H,1-3H3;2H,1H3. The van der Waals surface area contributed by atoms with Crippen molar-refractivity contribution < 1.29 is 5.11 Å². The van der Waals surface area contributed by atoms with Gasteiger partial charge in [-0.3, -0.25) is 0 Å². The highest BCUT2D eigenvalue weighted by Gasteiger charge is 1.91. The average Bonchev–Trinajstić information content (AvgIpc) is 2.08. The van der Waals surface area contributed by atoms with Gasteiger partial charge in [-0.15, -0.1) is 0 Å². The summed E-state index contributed by atoms with van der Waals surface area (Å²) < 4.78 is 0. The number of anilines is 1. The first-order valence-corrected chi connectivity index (χ1v) is 3.89. The summed E-state index contributed by atoms with van der Waals surface area (Å²) in [6.45, 7) is 2.10. The first kappa shape index (κ1) is 11.0. The van der Waals surface area contributed by atoms with E-state index in [0.29, 0.717) is 0 Å². The highest BCUT2D eigenvalue weighted by atomic mass is 16.2. The van der Waals surface area contributed by atoms with Crippen LogP contribution in [0.4, 0.5) is 5.69 Å². The van der Waals surface area contributed by atoms with Crippen molar-refractivity contribution in [2.24, 2.45) is 0 Å². The van der Waals surface area contributed by atoms with Gasteiger partial charge in [-0.25, -0.2) is 0 Å². The monoisotopic (exact) mass is 167 g/mol. The summed E-state index contributed by atoms with van der Waals surface area (Å²) in [5.74, 6) is 0. The molecule has 0 aromatic heterocycles. The van der Waals surface area contributed by atoms with Crippen LogP contribution in [0.2, 0.25) is 0 Å². The van der Waals surface area contributed by atoms with Gasteiger partial charge in [0.25, 0.3) is 0 Å². The number of benzene rings is 1. The number of rotatable bonds is 1. The fourth-order valence-corrected chi connectivity index (χ4v) is 0.906. The quantitative estimate of drug-likeness (QED) is 0.687. The van der Waals surface area contributed by atoms with Gasteiger partial charge in [0.05, 0.1) is 0 Å². The largest absolute Gasteiger partial charge is 0.400 e. The molecule has 0 saturated heterocycles. The maximum atomic E-state index is 7.00. The smallest absolute Gasteiger partial charge is 0.0363 e. The van der Waals surface area contributed by atoms with Gasteiger partial charge in [0.2, 0.25) is 0 Å². The van der Waals surface area contributed by atoms with Crippen molar-refractivity contribution in [2.75, 3.05) is 26.1 Å². The Labute approximate surface area is 74.5 Å². The van der Waals surface area contributed by atoms with Crippen LogP contribution in [-0.2, 0) is 0 Å². The number of aliphatic hydroxyl groups excluding tert-OH is 1. The Kier molecular flexibility index (Phi) is 5.13. The maximum Gasteiger partial charge on any atom is 0.0363 e. The molecule has 0 atom stereocenters. The van der Waals surface area contributed by atoms with Gasteiger partial charge in [0.1, 0.15) is 0 Å². The third-order valence-electron chi connectivity index (χ3n) is 1.52. The number of hydrogen-bond donors (Lipinski definition) is 1. The number of aliphatic hydroxyl groups is 1. The Hall–Kier alpha value is -1.02. The van der Waals surface area contributed by atoms with Crippen LogP contribution in [0.1, 0.15) is 5.56 Å². The molecule has 0 bridgehead atoms. The summed E-state index contributed by atoms with van der Waals surface area (Å²) in [7, 11) is 5.10. The van der Waals surface area contributed by atoms with Crippen LogP contribution in [0.3, 0.4) is 0 Å². The van der Waals surface area contributed by atoms with Crippen LogP contribution >= 0.6 is 0 Å². The average molecular weight is 167 g/mol. The zero-order valence-electron chi connectivity index (χ0n) is 8.20. The molecule has 0 aliphatic carbocycles. The summed E-state index contributed by atoms with van der Waals surface area (Å²) >= 11 is 0. The van der Waals surface area contributed by atoms with Gasteiger partial charge in [-0.1, -0.05) is 12.1 Å². The van der Waals surface area contributed by atoms with Gasteiger partial charge in [0, 0.05) is 26.9 Å². The molecule has 68 valence electrons. The molecule has 0 fully saturated rings. The highest BCUT2D eigenvalue weighted by molar-refractivity contribution is 5.46. The molecule has 1 N–H and O–H groups in total. The lowest BCUT2D eigenvalue weighted by Gasteiger charge is -2.11. The molecule has 0 aliphatic rings. The zero-order chi connectivity index (χ0) is 9.56. The molecule has 2 nitrogen and oxygen atoms in total. The lowest BCUT2D eigenvalue weighted by molar-refractivity contribution is 0.399. The molecular formula is C10H17NO. The lowest BCUT2D eigenvalue weighted by atomic mass is 10.2. The van der Waals surface area contributed by atoms with Crippen LogP contribution in [0.5, 0.6) is 0 Å². The first-order chi connectivity index (χ1) is 5.70. The van der Waals surface area contributed by atoms with Gasteiger partial charge in [-0.05, 0) is 24.6 Å². The zero-order valence-corrected chi connectivity index (χ0v) is 8.20. The van der Waals surface area contributed by atoms with E-state index in [9.17, 15) is 0 Å². The molecule has 0 saturated carbocycles. The highest BCUT2D eigenvalue weighted by Crippen LogP contribution is 2.11. The summed E-state index contributed by atoms with van der Waals surface area (Å²) in [6.07, 6.45) is 0. The third-order valence-corrected chi connectivity index (χ3v) is 1.52. The number of aryl methyl sites for hydroxylation is 1. The van der Waals surface area contributed by atoms with Gasteiger partial charge >= 0.3 is 0 Å². The van der Waals surface area contributed by atoms with E-state index in [1.54, 1.807) is 0 Å². The first-order valence-electron chi connectivity index (χ1n) is 3.89. The molecule has 0 heterocycles. The van der Waals surface area contributed by atoms with E-state index in [1.807, 2.05) is 0 Å². The topological polar surface area (TPSA) is 23.5 Å². The third kappa shape index (κ3) is 3.39. The van der Waals surface area contributed by atoms with Crippen molar-refractivity contribution in [3.8, 4) is 0 Å². The Balaban J connectivity index is 0.000000561. The SMILES string of the molecule is CO.Cc1cccc(N(C)C)c1. The van der Waals surface area contributed by atoms with E-state index in [-0.39, 0.29) is 0 Å². The van der Waals surface area contributed by atoms with Gasteiger partial charge in [0.15, 0.2) is 0 Å². The number of nitrogens with zero attached hydrogens (tertiary/aromatic N) is 1. The van der Waals surface area contributed by atoms with Crippen molar-refractivity contribution in [3.05, 3.63) is 29.8 Å². The molecule has 0 radical (unpaired) electrons. The van der Waals surface area contributed by atoms with Crippen LogP contribution in [0, 0.1) is 6.92 Å². The summed E-state index contributed by atoms with van der Waals surface area (Å²) in [5, 5.41) is 7.00. The molecule has 2 heteroatoms. The summed E-state index contributed by atoms with van der Waals surface area (Å²) in [5.41, 5.74) is 2.58. The fourth-order valence-electron chi connectivity index (χ4n) is 0.906.